The number of amides is 2. The summed E-state index contributed by atoms with van der Waals surface area (Å²) in [6.45, 7) is 2.37. The molecule has 2 heterocycles. The Labute approximate surface area is 158 Å². The molecule has 1 aromatic rings. The van der Waals surface area contributed by atoms with Crippen LogP contribution in [0.25, 0.3) is 0 Å². The van der Waals surface area contributed by atoms with Crippen LogP contribution in [0.2, 0.25) is 10.0 Å². The lowest BCUT2D eigenvalue weighted by atomic mass is 9.93. The second kappa shape index (κ2) is 8.39. The molecule has 0 saturated carbocycles. The number of rotatable bonds is 3. The van der Waals surface area contributed by atoms with E-state index in [4.69, 9.17) is 23.2 Å². The second-order valence-corrected chi connectivity index (χ2v) is 7.52. The number of likely N-dealkylation sites (tertiary alicyclic amines) is 1. The third-order valence-electron chi connectivity index (χ3n) is 4.97. The molecule has 3 rings (SSSR count). The number of anilines is 1. The van der Waals surface area contributed by atoms with Crippen LogP contribution in [0.1, 0.15) is 32.1 Å². The number of piperidine rings is 2. The highest BCUT2D eigenvalue weighted by atomic mass is 35.5. The van der Waals surface area contributed by atoms with Gasteiger partial charge in [-0.25, -0.2) is 0 Å². The van der Waals surface area contributed by atoms with E-state index in [1.165, 1.54) is 0 Å². The highest BCUT2D eigenvalue weighted by Crippen LogP contribution is 2.28. The van der Waals surface area contributed by atoms with E-state index in [1.54, 1.807) is 23.1 Å². The van der Waals surface area contributed by atoms with Gasteiger partial charge in [0.25, 0.3) is 0 Å². The van der Waals surface area contributed by atoms with Gasteiger partial charge in [0.2, 0.25) is 11.8 Å². The first kappa shape index (κ1) is 18.5. The molecular formula is C18H23Cl2N3O2. The summed E-state index contributed by atoms with van der Waals surface area (Å²) < 4.78 is 0. The van der Waals surface area contributed by atoms with E-state index < -0.39 is 6.04 Å². The molecule has 25 heavy (non-hydrogen) atoms. The molecule has 2 aliphatic heterocycles. The molecule has 0 aromatic heterocycles. The van der Waals surface area contributed by atoms with Crippen molar-refractivity contribution in [2.45, 2.75) is 38.1 Å². The maximum Gasteiger partial charge on any atom is 0.247 e. The minimum absolute atomic E-state index is 0.0220. The van der Waals surface area contributed by atoms with Crippen LogP contribution in [0, 0.1) is 5.92 Å². The molecule has 0 radical (unpaired) electrons. The lowest BCUT2D eigenvalue weighted by Crippen LogP contribution is -2.52. The third-order valence-corrected chi connectivity index (χ3v) is 5.51. The Hall–Kier alpha value is -1.30. The third kappa shape index (κ3) is 4.46. The molecule has 0 bridgehead atoms. The van der Waals surface area contributed by atoms with Crippen molar-refractivity contribution in [3.05, 3.63) is 28.2 Å². The Morgan fingerprint density at radius 3 is 2.60 bits per heavy atom. The first-order chi connectivity index (χ1) is 12.1. The van der Waals surface area contributed by atoms with Crippen LogP contribution in [0.3, 0.4) is 0 Å². The number of nitrogens with one attached hydrogen (secondary N) is 2. The summed E-state index contributed by atoms with van der Waals surface area (Å²) in [5.41, 5.74) is 0.524. The summed E-state index contributed by atoms with van der Waals surface area (Å²) >= 11 is 12.0. The van der Waals surface area contributed by atoms with E-state index in [0.717, 1.165) is 38.8 Å². The molecule has 1 unspecified atom stereocenters. The van der Waals surface area contributed by atoms with Crippen molar-refractivity contribution in [3.63, 3.8) is 0 Å². The van der Waals surface area contributed by atoms with Gasteiger partial charge in [-0.15, -0.1) is 0 Å². The minimum atomic E-state index is -0.428. The van der Waals surface area contributed by atoms with Gasteiger partial charge in [0.1, 0.15) is 6.04 Å². The van der Waals surface area contributed by atoms with E-state index in [1.807, 2.05) is 0 Å². The van der Waals surface area contributed by atoms with Gasteiger partial charge < -0.3 is 15.5 Å². The Morgan fingerprint density at radius 2 is 1.88 bits per heavy atom. The Morgan fingerprint density at radius 1 is 1.12 bits per heavy atom. The molecule has 2 N–H and O–H groups in total. The van der Waals surface area contributed by atoms with Crippen LogP contribution in [0.15, 0.2) is 18.2 Å². The predicted molar refractivity (Wildman–Crippen MR) is 100 cm³/mol. The SMILES string of the molecule is O=C(Nc1ccc(Cl)cc1Cl)C1CCCCN1C(=O)C1CCNCC1. The van der Waals surface area contributed by atoms with Crippen molar-refractivity contribution in [1.82, 2.24) is 10.2 Å². The van der Waals surface area contributed by atoms with Crippen LogP contribution >= 0.6 is 23.2 Å². The number of carbonyl (C=O) groups excluding carboxylic acids is 2. The molecule has 2 amide bonds. The molecule has 136 valence electrons. The average molecular weight is 384 g/mol. The van der Waals surface area contributed by atoms with Gasteiger partial charge in [-0.3, -0.25) is 9.59 Å². The molecule has 7 heteroatoms. The van der Waals surface area contributed by atoms with E-state index in [-0.39, 0.29) is 17.7 Å². The smallest absolute Gasteiger partial charge is 0.247 e. The molecular weight excluding hydrogens is 361 g/mol. The number of halogens is 2. The summed E-state index contributed by atoms with van der Waals surface area (Å²) in [5.74, 6) is -0.0384. The van der Waals surface area contributed by atoms with Crippen molar-refractivity contribution < 1.29 is 9.59 Å². The van der Waals surface area contributed by atoms with Crippen molar-refractivity contribution in [2.75, 3.05) is 25.0 Å². The predicted octanol–water partition coefficient (Wildman–Crippen LogP) is 3.31. The zero-order valence-corrected chi connectivity index (χ0v) is 15.6. The number of benzene rings is 1. The van der Waals surface area contributed by atoms with Gasteiger partial charge in [0.05, 0.1) is 10.7 Å². The lowest BCUT2D eigenvalue weighted by molar-refractivity contribution is -0.144. The van der Waals surface area contributed by atoms with Gasteiger partial charge in [0.15, 0.2) is 0 Å². The maximum absolute atomic E-state index is 12.9. The molecule has 2 saturated heterocycles. The first-order valence-electron chi connectivity index (χ1n) is 8.83. The largest absolute Gasteiger partial charge is 0.330 e. The van der Waals surface area contributed by atoms with Crippen LogP contribution in [-0.4, -0.2) is 42.4 Å². The number of carbonyl (C=O) groups is 2. The highest BCUT2D eigenvalue weighted by Gasteiger charge is 2.35. The Balaban J connectivity index is 1.71. The van der Waals surface area contributed by atoms with E-state index >= 15 is 0 Å². The molecule has 2 aliphatic rings. The second-order valence-electron chi connectivity index (χ2n) is 6.68. The molecule has 0 aliphatic carbocycles. The summed E-state index contributed by atoms with van der Waals surface area (Å²) in [6, 6.07) is 4.53. The first-order valence-corrected chi connectivity index (χ1v) is 9.59. The molecule has 1 aromatic carbocycles. The van der Waals surface area contributed by atoms with Gasteiger partial charge in [-0.05, 0) is 63.4 Å². The van der Waals surface area contributed by atoms with E-state index in [2.05, 4.69) is 10.6 Å². The zero-order valence-electron chi connectivity index (χ0n) is 14.1. The van der Waals surface area contributed by atoms with Crippen LogP contribution in [0.4, 0.5) is 5.69 Å². The maximum atomic E-state index is 12.9. The normalized spacial score (nSPS) is 21.8. The molecule has 0 spiro atoms. The molecule has 5 nitrogen and oxygen atoms in total. The summed E-state index contributed by atoms with van der Waals surface area (Å²) in [7, 11) is 0. The van der Waals surface area contributed by atoms with Crippen molar-refractivity contribution >= 4 is 40.7 Å². The van der Waals surface area contributed by atoms with Gasteiger partial charge >= 0.3 is 0 Å². The summed E-state index contributed by atoms with van der Waals surface area (Å²) in [4.78, 5) is 27.5. The van der Waals surface area contributed by atoms with Crippen LogP contribution in [0.5, 0.6) is 0 Å². The molecule has 1 atom stereocenters. The Bertz CT molecular complexity index is 647. The van der Waals surface area contributed by atoms with Crippen molar-refractivity contribution in [1.29, 1.82) is 0 Å². The number of nitrogens with zero attached hydrogens (tertiary/aromatic N) is 1. The van der Waals surface area contributed by atoms with Gasteiger partial charge in [-0.1, -0.05) is 23.2 Å². The van der Waals surface area contributed by atoms with Gasteiger partial charge in [-0.2, -0.15) is 0 Å². The monoisotopic (exact) mass is 383 g/mol. The zero-order chi connectivity index (χ0) is 17.8. The Kier molecular flexibility index (Phi) is 6.20. The van der Waals surface area contributed by atoms with Crippen LogP contribution in [-0.2, 0) is 9.59 Å². The lowest BCUT2D eigenvalue weighted by Gasteiger charge is -2.37. The summed E-state index contributed by atoms with van der Waals surface area (Å²) in [6.07, 6.45) is 4.26. The van der Waals surface area contributed by atoms with Crippen LogP contribution < -0.4 is 10.6 Å². The molecule has 2 fully saturated rings. The quantitative estimate of drug-likeness (QED) is 0.841. The fourth-order valence-corrected chi connectivity index (χ4v) is 4.03. The number of hydrogen-bond donors (Lipinski definition) is 2. The fraction of sp³-hybridized carbons (Fsp3) is 0.556. The minimum Gasteiger partial charge on any atom is -0.330 e. The summed E-state index contributed by atoms with van der Waals surface area (Å²) in [5, 5.41) is 7.05. The van der Waals surface area contributed by atoms with E-state index in [9.17, 15) is 9.59 Å². The average Bonchev–Trinajstić information content (AvgIpc) is 2.64. The number of hydrogen-bond acceptors (Lipinski definition) is 3. The standard InChI is InChI=1S/C18H23Cl2N3O2/c19-13-4-5-15(14(20)11-13)22-17(24)16-3-1-2-10-23(16)18(25)12-6-8-21-9-7-12/h4-5,11-12,16,21H,1-3,6-10H2,(H,22,24). The van der Waals surface area contributed by atoms with Gasteiger partial charge in [0, 0.05) is 17.5 Å². The topological polar surface area (TPSA) is 61.4 Å². The van der Waals surface area contributed by atoms with E-state index in [0.29, 0.717) is 28.7 Å². The highest BCUT2D eigenvalue weighted by molar-refractivity contribution is 6.36. The fourth-order valence-electron chi connectivity index (χ4n) is 3.58. The van der Waals surface area contributed by atoms with Crippen molar-refractivity contribution in [3.8, 4) is 0 Å². The van der Waals surface area contributed by atoms with Crippen molar-refractivity contribution in [2.24, 2.45) is 5.92 Å².